The molecule has 0 fully saturated rings. The van der Waals surface area contributed by atoms with Crippen LogP contribution in [0.15, 0.2) is 24.3 Å². The summed E-state index contributed by atoms with van der Waals surface area (Å²) in [5.41, 5.74) is 1.14. The van der Waals surface area contributed by atoms with Crippen molar-refractivity contribution in [3.63, 3.8) is 0 Å². The predicted molar refractivity (Wildman–Crippen MR) is 75.4 cm³/mol. The zero-order valence-electron chi connectivity index (χ0n) is 12.4. The minimum absolute atomic E-state index is 0.0861. The summed E-state index contributed by atoms with van der Waals surface area (Å²) >= 11 is 0. The maximum atomic E-state index is 11.8. The summed E-state index contributed by atoms with van der Waals surface area (Å²) in [4.78, 5) is 0. The smallest absolute Gasteiger partial charge is 0.411 e. The second kappa shape index (κ2) is 8.89. The second-order valence-corrected chi connectivity index (χ2v) is 5.18. The Morgan fingerprint density at radius 2 is 1.76 bits per heavy atom. The van der Waals surface area contributed by atoms with Crippen molar-refractivity contribution in [2.45, 2.75) is 26.6 Å². The topological polar surface area (TPSA) is 30.5 Å². The molecule has 1 aromatic rings. The fraction of sp³-hybridized carbons (Fsp3) is 0.600. The standard InChI is InChI=1S/C15H22F3NO2/c1-12(2)9-19-10-13-3-5-14(6-4-13)21-8-7-20-11-15(16,17)18/h3-6,12,19H,7-11H2,1-2H3. The fourth-order valence-electron chi connectivity index (χ4n) is 1.62. The molecular formula is C15H22F3NO2. The Labute approximate surface area is 123 Å². The first-order valence-corrected chi connectivity index (χ1v) is 6.94. The number of hydrogen-bond donors (Lipinski definition) is 1. The Morgan fingerprint density at radius 1 is 1.10 bits per heavy atom. The number of hydrogen-bond acceptors (Lipinski definition) is 3. The first-order chi connectivity index (χ1) is 9.87. The van der Waals surface area contributed by atoms with Crippen LogP contribution in [0.4, 0.5) is 13.2 Å². The van der Waals surface area contributed by atoms with E-state index in [1.54, 1.807) is 12.1 Å². The Balaban J connectivity index is 2.19. The molecule has 0 aromatic heterocycles. The number of alkyl halides is 3. The molecule has 0 atom stereocenters. The van der Waals surface area contributed by atoms with Gasteiger partial charge in [0.05, 0.1) is 6.61 Å². The Bertz CT molecular complexity index is 391. The van der Waals surface area contributed by atoms with E-state index >= 15 is 0 Å². The normalized spacial score (nSPS) is 11.9. The highest BCUT2D eigenvalue weighted by Gasteiger charge is 2.27. The van der Waals surface area contributed by atoms with Crippen LogP contribution >= 0.6 is 0 Å². The molecule has 0 radical (unpaired) electrons. The van der Waals surface area contributed by atoms with Crippen molar-refractivity contribution in [2.75, 3.05) is 26.4 Å². The summed E-state index contributed by atoms with van der Waals surface area (Å²) in [6.45, 7) is 4.80. The summed E-state index contributed by atoms with van der Waals surface area (Å²) in [5.74, 6) is 1.22. The Hall–Kier alpha value is -1.27. The van der Waals surface area contributed by atoms with Gasteiger partial charge in [-0.3, -0.25) is 0 Å². The van der Waals surface area contributed by atoms with Gasteiger partial charge in [-0.15, -0.1) is 0 Å². The molecule has 0 unspecified atom stereocenters. The van der Waals surface area contributed by atoms with E-state index in [2.05, 4.69) is 23.9 Å². The van der Waals surface area contributed by atoms with E-state index in [4.69, 9.17) is 4.74 Å². The average molecular weight is 305 g/mol. The van der Waals surface area contributed by atoms with Gasteiger partial charge in [0, 0.05) is 6.54 Å². The summed E-state index contributed by atoms with van der Waals surface area (Å²) in [6, 6.07) is 7.46. The third-order valence-corrected chi connectivity index (χ3v) is 2.57. The zero-order valence-corrected chi connectivity index (χ0v) is 12.4. The summed E-state index contributed by atoms with van der Waals surface area (Å²) in [6.07, 6.45) is -4.29. The van der Waals surface area contributed by atoms with Crippen molar-refractivity contribution in [1.82, 2.24) is 5.32 Å². The van der Waals surface area contributed by atoms with Crippen molar-refractivity contribution < 1.29 is 22.6 Å². The number of ether oxygens (including phenoxy) is 2. The lowest BCUT2D eigenvalue weighted by molar-refractivity contribution is -0.175. The van der Waals surface area contributed by atoms with E-state index in [1.165, 1.54) is 0 Å². The highest BCUT2D eigenvalue weighted by atomic mass is 19.4. The molecule has 0 aliphatic heterocycles. The monoisotopic (exact) mass is 305 g/mol. The largest absolute Gasteiger partial charge is 0.491 e. The zero-order chi connectivity index (χ0) is 15.7. The molecule has 0 saturated heterocycles. The van der Waals surface area contributed by atoms with E-state index in [0.29, 0.717) is 11.7 Å². The molecule has 0 aliphatic carbocycles. The van der Waals surface area contributed by atoms with Crippen LogP contribution in [0.1, 0.15) is 19.4 Å². The Kier molecular flexibility index (Phi) is 7.53. The maximum Gasteiger partial charge on any atom is 0.411 e. The van der Waals surface area contributed by atoms with Gasteiger partial charge in [0.25, 0.3) is 0 Å². The van der Waals surface area contributed by atoms with E-state index in [1.807, 2.05) is 12.1 Å². The Morgan fingerprint density at radius 3 is 2.33 bits per heavy atom. The van der Waals surface area contributed by atoms with Crippen LogP contribution in [0.5, 0.6) is 5.75 Å². The van der Waals surface area contributed by atoms with Gasteiger partial charge in [-0.05, 0) is 30.2 Å². The summed E-state index contributed by atoms with van der Waals surface area (Å²) in [5, 5.41) is 3.33. The SMILES string of the molecule is CC(C)CNCc1ccc(OCCOCC(F)(F)F)cc1. The van der Waals surface area contributed by atoms with Crippen LogP contribution in [0.2, 0.25) is 0 Å². The molecule has 1 rings (SSSR count). The van der Waals surface area contributed by atoms with Gasteiger partial charge in [-0.1, -0.05) is 26.0 Å². The highest BCUT2D eigenvalue weighted by molar-refractivity contribution is 5.27. The lowest BCUT2D eigenvalue weighted by atomic mass is 10.2. The van der Waals surface area contributed by atoms with E-state index < -0.39 is 12.8 Å². The summed E-state index contributed by atoms with van der Waals surface area (Å²) < 4.78 is 45.3. The molecule has 0 spiro atoms. The van der Waals surface area contributed by atoms with Crippen LogP contribution < -0.4 is 10.1 Å². The predicted octanol–water partition coefficient (Wildman–Crippen LogP) is 3.39. The van der Waals surface area contributed by atoms with Crippen LogP contribution in [0.25, 0.3) is 0 Å². The molecule has 0 aliphatic rings. The van der Waals surface area contributed by atoms with Crippen LogP contribution in [0.3, 0.4) is 0 Å². The fourth-order valence-corrected chi connectivity index (χ4v) is 1.62. The van der Waals surface area contributed by atoms with Crippen molar-refractivity contribution >= 4 is 0 Å². The molecule has 0 bridgehead atoms. The first-order valence-electron chi connectivity index (χ1n) is 6.94. The number of halogens is 3. The quantitative estimate of drug-likeness (QED) is 0.709. The molecule has 6 heteroatoms. The minimum atomic E-state index is -4.29. The molecule has 1 aromatic carbocycles. The van der Waals surface area contributed by atoms with E-state index in [9.17, 15) is 13.2 Å². The van der Waals surface area contributed by atoms with Gasteiger partial charge in [0.2, 0.25) is 0 Å². The second-order valence-electron chi connectivity index (χ2n) is 5.18. The van der Waals surface area contributed by atoms with Gasteiger partial charge in [-0.25, -0.2) is 0 Å². The molecule has 21 heavy (non-hydrogen) atoms. The number of rotatable bonds is 9. The third kappa shape index (κ3) is 9.31. The first kappa shape index (κ1) is 17.8. The van der Waals surface area contributed by atoms with Gasteiger partial charge in [-0.2, -0.15) is 13.2 Å². The van der Waals surface area contributed by atoms with Gasteiger partial charge in [0.15, 0.2) is 0 Å². The van der Waals surface area contributed by atoms with Crippen molar-refractivity contribution in [1.29, 1.82) is 0 Å². The minimum Gasteiger partial charge on any atom is -0.491 e. The van der Waals surface area contributed by atoms with Gasteiger partial charge < -0.3 is 14.8 Å². The lowest BCUT2D eigenvalue weighted by Crippen LogP contribution is -2.19. The highest BCUT2D eigenvalue weighted by Crippen LogP contribution is 2.15. The van der Waals surface area contributed by atoms with Gasteiger partial charge >= 0.3 is 6.18 Å². The lowest BCUT2D eigenvalue weighted by Gasteiger charge is -2.10. The molecular weight excluding hydrogens is 283 g/mol. The molecule has 1 N–H and O–H groups in total. The maximum absolute atomic E-state index is 11.8. The number of benzene rings is 1. The molecule has 0 amide bonds. The molecule has 120 valence electrons. The van der Waals surface area contributed by atoms with Crippen LogP contribution in [-0.4, -0.2) is 32.5 Å². The average Bonchev–Trinajstić information content (AvgIpc) is 2.38. The molecule has 0 heterocycles. The van der Waals surface area contributed by atoms with Crippen molar-refractivity contribution in [2.24, 2.45) is 5.92 Å². The number of nitrogens with one attached hydrogen (secondary N) is 1. The summed E-state index contributed by atoms with van der Waals surface area (Å²) in [7, 11) is 0. The van der Waals surface area contributed by atoms with E-state index in [-0.39, 0.29) is 13.2 Å². The van der Waals surface area contributed by atoms with Crippen molar-refractivity contribution in [3.05, 3.63) is 29.8 Å². The van der Waals surface area contributed by atoms with Crippen molar-refractivity contribution in [3.8, 4) is 5.75 Å². The van der Waals surface area contributed by atoms with Gasteiger partial charge in [0.1, 0.15) is 19.0 Å². The van der Waals surface area contributed by atoms with Crippen LogP contribution in [-0.2, 0) is 11.3 Å². The third-order valence-electron chi connectivity index (χ3n) is 2.57. The molecule has 0 saturated carbocycles. The van der Waals surface area contributed by atoms with E-state index in [0.717, 1.165) is 18.7 Å². The van der Waals surface area contributed by atoms with Crippen LogP contribution in [0, 0.1) is 5.92 Å². The molecule has 3 nitrogen and oxygen atoms in total.